The topological polar surface area (TPSA) is 93.3 Å². The SMILES string of the molecule is CCC1=C(NC(=O)N(Cc2ccc3c(c2)ncn3C)c2ccc(CC)cc2)C(C)(CC)C([N+](=O)[O-])C=C1Cl. The second-order valence-electron chi connectivity index (χ2n) is 9.94. The highest BCUT2D eigenvalue weighted by Gasteiger charge is 2.48. The fourth-order valence-corrected chi connectivity index (χ4v) is 5.45. The van der Waals surface area contributed by atoms with E-state index in [0.717, 1.165) is 39.8 Å². The van der Waals surface area contributed by atoms with E-state index in [1.165, 1.54) is 6.08 Å². The van der Waals surface area contributed by atoms with Gasteiger partial charge in [-0.15, -0.1) is 0 Å². The molecule has 2 aromatic carbocycles. The van der Waals surface area contributed by atoms with Gasteiger partial charge in [-0.3, -0.25) is 15.0 Å². The number of hydrogen-bond acceptors (Lipinski definition) is 4. The molecule has 2 atom stereocenters. The molecule has 0 spiro atoms. The minimum Gasteiger partial charge on any atom is -0.334 e. The van der Waals surface area contributed by atoms with Gasteiger partial charge in [0.1, 0.15) is 0 Å². The van der Waals surface area contributed by atoms with E-state index in [1.807, 2.05) is 74.9 Å². The summed E-state index contributed by atoms with van der Waals surface area (Å²) in [6, 6.07) is 12.4. The summed E-state index contributed by atoms with van der Waals surface area (Å²) in [4.78, 5) is 31.8. The fourth-order valence-electron chi connectivity index (χ4n) is 5.11. The number of nitrogens with one attached hydrogen (secondary N) is 1. The summed E-state index contributed by atoms with van der Waals surface area (Å²) in [7, 11) is 1.94. The number of carbonyl (C=O) groups excluding carboxylic acids is 1. The van der Waals surface area contributed by atoms with E-state index in [4.69, 9.17) is 11.6 Å². The van der Waals surface area contributed by atoms with Crippen LogP contribution in [-0.4, -0.2) is 26.5 Å². The van der Waals surface area contributed by atoms with Gasteiger partial charge in [0.2, 0.25) is 6.04 Å². The molecular weight excluding hydrogens is 502 g/mol. The Kier molecular flexibility index (Phi) is 7.92. The average Bonchev–Trinajstić information content (AvgIpc) is 3.28. The zero-order valence-electron chi connectivity index (χ0n) is 22.5. The Labute approximate surface area is 228 Å². The van der Waals surface area contributed by atoms with Crippen LogP contribution >= 0.6 is 11.6 Å². The number of anilines is 1. The summed E-state index contributed by atoms with van der Waals surface area (Å²) in [6.45, 7) is 8.03. The van der Waals surface area contributed by atoms with Crippen LogP contribution in [0.4, 0.5) is 10.5 Å². The van der Waals surface area contributed by atoms with Crippen molar-refractivity contribution < 1.29 is 9.72 Å². The van der Waals surface area contributed by atoms with E-state index in [1.54, 1.807) is 11.2 Å². The van der Waals surface area contributed by atoms with E-state index in [9.17, 15) is 14.9 Å². The Bertz CT molecular complexity index is 1430. The molecule has 38 heavy (non-hydrogen) atoms. The second kappa shape index (κ2) is 11.0. The van der Waals surface area contributed by atoms with E-state index in [-0.39, 0.29) is 11.0 Å². The maximum Gasteiger partial charge on any atom is 0.326 e. The van der Waals surface area contributed by atoms with Crippen LogP contribution in [0.5, 0.6) is 0 Å². The van der Waals surface area contributed by atoms with Crippen molar-refractivity contribution in [2.24, 2.45) is 12.5 Å². The summed E-state index contributed by atoms with van der Waals surface area (Å²) in [5.41, 5.74) is 4.96. The number of fused-ring (bicyclic) bond motifs is 1. The van der Waals surface area contributed by atoms with Crippen LogP contribution in [0.1, 0.15) is 51.7 Å². The van der Waals surface area contributed by atoms with Crippen molar-refractivity contribution in [3.63, 3.8) is 0 Å². The number of aromatic nitrogens is 2. The molecule has 200 valence electrons. The number of urea groups is 1. The zero-order chi connectivity index (χ0) is 27.6. The van der Waals surface area contributed by atoms with Gasteiger partial charge in [-0.1, -0.05) is 50.6 Å². The monoisotopic (exact) mass is 535 g/mol. The molecule has 1 aliphatic rings. The molecule has 8 nitrogen and oxygen atoms in total. The molecule has 1 N–H and O–H groups in total. The highest BCUT2D eigenvalue weighted by atomic mass is 35.5. The first kappa shape index (κ1) is 27.4. The van der Waals surface area contributed by atoms with Gasteiger partial charge < -0.3 is 9.88 Å². The molecule has 3 aromatic rings. The quantitative estimate of drug-likeness (QED) is 0.256. The Morgan fingerprint density at radius 1 is 1.16 bits per heavy atom. The van der Waals surface area contributed by atoms with Gasteiger partial charge in [-0.2, -0.15) is 0 Å². The van der Waals surface area contributed by atoms with Crippen molar-refractivity contribution in [3.8, 4) is 0 Å². The lowest BCUT2D eigenvalue weighted by Gasteiger charge is -2.38. The first-order valence-electron chi connectivity index (χ1n) is 12.9. The van der Waals surface area contributed by atoms with Crippen molar-refractivity contribution in [2.75, 3.05) is 4.90 Å². The van der Waals surface area contributed by atoms with Crippen molar-refractivity contribution in [3.05, 3.63) is 92.4 Å². The molecule has 0 fully saturated rings. The number of halogens is 1. The Hall–Kier alpha value is -3.65. The molecule has 0 saturated heterocycles. The smallest absolute Gasteiger partial charge is 0.326 e. The van der Waals surface area contributed by atoms with Crippen LogP contribution < -0.4 is 10.2 Å². The second-order valence-corrected chi connectivity index (χ2v) is 10.3. The van der Waals surface area contributed by atoms with Gasteiger partial charge in [0.05, 0.1) is 29.3 Å². The molecule has 1 aliphatic carbocycles. The van der Waals surface area contributed by atoms with E-state index in [0.29, 0.717) is 30.1 Å². The number of hydrogen-bond donors (Lipinski definition) is 1. The maximum absolute atomic E-state index is 14.0. The van der Waals surface area contributed by atoms with Gasteiger partial charge >= 0.3 is 6.03 Å². The standard InChI is InChI=1S/C29H34ClN5O3/c1-6-19-9-12-21(13-10-19)34(17-20-11-14-25-24(15-20)31-18-33(25)5)28(36)32-27-22(7-2)23(30)16-26(35(37)38)29(27,4)8-3/h9-16,18,26H,6-8,17H2,1-5H3,(H,32,36). The Morgan fingerprint density at radius 3 is 2.45 bits per heavy atom. The third kappa shape index (κ3) is 5.05. The molecule has 2 amide bonds. The molecule has 1 aromatic heterocycles. The highest BCUT2D eigenvalue weighted by molar-refractivity contribution is 6.32. The van der Waals surface area contributed by atoms with Gasteiger partial charge in [-0.25, -0.2) is 9.78 Å². The zero-order valence-corrected chi connectivity index (χ0v) is 23.2. The van der Waals surface area contributed by atoms with Gasteiger partial charge in [0.15, 0.2) is 0 Å². The van der Waals surface area contributed by atoms with E-state index >= 15 is 0 Å². The number of amides is 2. The predicted molar refractivity (Wildman–Crippen MR) is 152 cm³/mol. The van der Waals surface area contributed by atoms with Crippen molar-refractivity contribution in [1.82, 2.24) is 14.9 Å². The molecule has 0 bridgehead atoms. The minimum atomic E-state index is -1.05. The summed E-state index contributed by atoms with van der Waals surface area (Å²) in [5, 5.41) is 15.4. The van der Waals surface area contributed by atoms with Gasteiger partial charge in [0.25, 0.3) is 0 Å². The normalized spacial score (nSPS) is 19.4. The lowest BCUT2D eigenvalue weighted by Crippen LogP contribution is -2.49. The average molecular weight is 536 g/mol. The van der Waals surface area contributed by atoms with Crippen molar-refractivity contribution >= 4 is 34.4 Å². The molecular formula is C29H34ClN5O3. The number of nitrogens with zero attached hydrogens (tertiary/aromatic N) is 4. The number of nitro groups is 1. The van der Waals surface area contributed by atoms with Crippen LogP contribution in [0.15, 0.2) is 71.2 Å². The fraction of sp³-hybridized carbons (Fsp3) is 0.379. The number of carbonyl (C=O) groups is 1. The molecule has 0 aliphatic heterocycles. The first-order chi connectivity index (χ1) is 18.1. The third-order valence-electron chi connectivity index (χ3n) is 7.70. The number of benzene rings is 2. The minimum absolute atomic E-state index is 0.295. The lowest BCUT2D eigenvalue weighted by molar-refractivity contribution is -0.526. The van der Waals surface area contributed by atoms with Crippen molar-refractivity contribution in [2.45, 2.75) is 59.5 Å². The summed E-state index contributed by atoms with van der Waals surface area (Å²) in [5.74, 6) is 0. The summed E-state index contributed by atoms with van der Waals surface area (Å²) in [6.07, 6.45) is 5.14. The number of aryl methyl sites for hydroxylation is 2. The third-order valence-corrected chi connectivity index (χ3v) is 8.05. The van der Waals surface area contributed by atoms with Crippen molar-refractivity contribution in [1.29, 1.82) is 0 Å². The van der Waals surface area contributed by atoms with Gasteiger partial charge in [0, 0.05) is 34.5 Å². The van der Waals surface area contributed by atoms with Crippen LogP contribution in [0, 0.1) is 15.5 Å². The Balaban J connectivity index is 1.75. The van der Waals surface area contributed by atoms with E-state index < -0.39 is 11.5 Å². The van der Waals surface area contributed by atoms with Crippen LogP contribution in [0.2, 0.25) is 0 Å². The van der Waals surface area contributed by atoms with Crippen LogP contribution in [0.3, 0.4) is 0 Å². The molecule has 1 heterocycles. The van der Waals surface area contributed by atoms with Crippen LogP contribution in [0.25, 0.3) is 11.0 Å². The molecule has 0 saturated carbocycles. The number of allylic oxidation sites excluding steroid dienone is 2. The Morgan fingerprint density at radius 2 is 1.84 bits per heavy atom. The first-order valence-corrected chi connectivity index (χ1v) is 13.3. The molecule has 2 unspecified atom stereocenters. The van der Waals surface area contributed by atoms with Crippen LogP contribution in [-0.2, 0) is 20.0 Å². The molecule has 9 heteroatoms. The maximum atomic E-state index is 14.0. The number of imidazole rings is 1. The highest BCUT2D eigenvalue weighted by Crippen LogP contribution is 2.44. The largest absolute Gasteiger partial charge is 0.334 e. The van der Waals surface area contributed by atoms with Gasteiger partial charge in [-0.05, 0) is 67.2 Å². The number of rotatable bonds is 8. The van der Waals surface area contributed by atoms with E-state index in [2.05, 4.69) is 17.2 Å². The predicted octanol–water partition coefficient (Wildman–Crippen LogP) is 6.71. The molecule has 0 radical (unpaired) electrons. The molecule has 4 rings (SSSR count). The summed E-state index contributed by atoms with van der Waals surface area (Å²) < 4.78 is 1.95. The lowest BCUT2D eigenvalue weighted by atomic mass is 9.72. The summed E-state index contributed by atoms with van der Waals surface area (Å²) >= 11 is 6.53.